The molecule has 0 saturated carbocycles. The first-order valence-corrected chi connectivity index (χ1v) is 15.4. The van der Waals surface area contributed by atoms with Crippen molar-refractivity contribution < 1.29 is 39.2 Å². The van der Waals surface area contributed by atoms with E-state index in [1.54, 1.807) is 24.3 Å². The molecule has 1 aliphatic rings. The number of benzene rings is 3. The van der Waals surface area contributed by atoms with Gasteiger partial charge in [0.05, 0.1) is 24.4 Å². The number of aliphatic carboxylic acids is 1. The molecule has 0 spiro atoms. The summed E-state index contributed by atoms with van der Waals surface area (Å²) in [6.07, 6.45) is 2.63. The smallest absolute Gasteiger partial charge is 0.336 e. The average Bonchev–Trinajstić information content (AvgIpc) is 3.01. The number of nitrogens with one attached hydrogen (secondary N) is 1. The number of aromatic carboxylic acids is 1. The maximum atomic E-state index is 12.5. The fraction of sp³-hybridized carbons (Fsp3) is 0.364. The van der Waals surface area contributed by atoms with Crippen molar-refractivity contribution in [3.05, 3.63) is 95.1 Å². The van der Waals surface area contributed by atoms with Gasteiger partial charge in [-0.1, -0.05) is 61.4 Å². The van der Waals surface area contributed by atoms with Crippen LogP contribution in [0.4, 0.5) is 5.69 Å². The Kier molecular flexibility index (Phi) is 12.2. The lowest BCUT2D eigenvalue weighted by Gasteiger charge is -2.36. The van der Waals surface area contributed by atoms with Gasteiger partial charge in [-0.25, -0.2) is 4.79 Å². The maximum Gasteiger partial charge on any atom is 0.336 e. The van der Waals surface area contributed by atoms with E-state index in [1.165, 1.54) is 11.8 Å². The Morgan fingerprint density at radius 2 is 1.58 bits per heavy atom. The van der Waals surface area contributed by atoms with E-state index in [-0.39, 0.29) is 36.7 Å². The number of rotatable bonds is 15. The minimum atomic E-state index is -0.979. The zero-order valence-corrected chi connectivity index (χ0v) is 24.6. The predicted octanol–water partition coefficient (Wildman–Crippen LogP) is 6.58. The zero-order valence-electron chi connectivity index (χ0n) is 23.8. The third-order valence-corrected chi connectivity index (χ3v) is 8.35. The molecule has 3 atom stereocenters. The van der Waals surface area contributed by atoms with E-state index >= 15 is 0 Å². The Bertz CT molecular complexity index is 1380. The van der Waals surface area contributed by atoms with Crippen molar-refractivity contribution in [1.29, 1.82) is 0 Å². The number of amides is 1. The predicted molar refractivity (Wildman–Crippen MR) is 163 cm³/mol. The molecular weight excluding hydrogens is 570 g/mol. The summed E-state index contributed by atoms with van der Waals surface area (Å²) in [5.74, 6) is -1.39. The summed E-state index contributed by atoms with van der Waals surface area (Å²) in [7, 11) is 0. The molecule has 4 N–H and O–H groups in total. The number of ether oxygens (including phenoxy) is 2. The van der Waals surface area contributed by atoms with Crippen molar-refractivity contribution >= 4 is 35.3 Å². The SMILES string of the molecule is O=C(O)CCCCCCC(=O)Nc1cccc([C@H]2O[C@@H](CSc3ccccc3C(=O)O)C[C@@H](c3ccc(CO)cc3)O2)c1. The highest BCUT2D eigenvalue weighted by atomic mass is 32.2. The van der Waals surface area contributed by atoms with Gasteiger partial charge in [0.25, 0.3) is 0 Å². The number of aliphatic hydroxyl groups is 1. The summed E-state index contributed by atoms with van der Waals surface area (Å²) in [6.45, 7) is -0.0526. The summed E-state index contributed by atoms with van der Waals surface area (Å²) in [5, 5.41) is 30.7. The summed E-state index contributed by atoms with van der Waals surface area (Å²) in [5.41, 5.74) is 3.35. The minimum Gasteiger partial charge on any atom is -0.481 e. The number of carbonyl (C=O) groups is 3. The van der Waals surface area contributed by atoms with E-state index < -0.39 is 18.2 Å². The topological polar surface area (TPSA) is 142 Å². The molecule has 0 aromatic heterocycles. The molecule has 1 fully saturated rings. The number of thioether (sulfide) groups is 1. The highest BCUT2D eigenvalue weighted by Gasteiger charge is 2.32. The van der Waals surface area contributed by atoms with Crippen LogP contribution in [-0.2, 0) is 25.7 Å². The lowest BCUT2D eigenvalue weighted by molar-refractivity contribution is -0.245. The van der Waals surface area contributed by atoms with E-state index in [0.717, 1.165) is 29.5 Å². The first-order valence-electron chi connectivity index (χ1n) is 14.4. The molecule has 0 unspecified atom stereocenters. The number of anilines is 1. The van der Waals surface area contributed by atoms with Gasteiger partial charge in [-0.3, -0.25) is 9.59 Å². The number of hydrogen-bond acceptors (Lipinski definition) is 7. The zero-order chi connectivity index (χ0) is 30.6. The Morgan fingerprint density at radius 1 is 0.837 bits per heavy atom. The van der Waals surface area contributed by atoms with Gasteiger partial charge in [0.15, 0.2) is 6.29 Å². The first-order chi connectivity index (χ1) is 20.8. The van der Waals surface area contributed by atoms with Gasteiger partial charge >= 0.3 is 11.9 Å². The molecule has 3 aromatic rings. The van der Waals surface area contributed by atoms with Crippen molar-refractivity contribution in [1.82, 2.24) is 0 Å². The molecule has 0 radical (unpaired) electrons. The normalized spacial score (nSPS) is 18.2. The molecular formula is C33H37NO8S. The van der Waals surface area contributed by atoms with Crippen molar-refractivity contribution in [2.45, 2.75) is 74.9 Å². The molecule has 1 heterocycles. The van der Waals surface area contributed by atoms with Gasteiger partial charge in [-0.05, 0) is 48.2 Å². The van der Waals surface area contributed by atoms with Crippen LogP contribution >= 0.6 is 11.8 Å². The molecule has 1 saturated heterocycles. The fourth-order valence-electron chi connectivity index (χ4n) is 4.88. The van der Waals surface area contributed by atoms with Crippen LogP contribution in [0.15, 0.2) is 77.7 Å². The number of aliphatic hydroxyl groups excluding tert-OH is 1. The van der Waals surface area contributed by atoms with Crippen LogP contribution < -0.4 is 5.32 Å². The van der Waals surface area contributed by atoms with Crippen LogP contribution in [0.2, 0.25) is 0 Å². The molecule has 4 rings (SSSR count). The third kappa shape index (κ3) is 9.93. The van der Waals surface area contributed by atoms with Crippen LogP contribution in [0.25, 0.3) is 0 Å². The van der Waals surface area contributed by atoms with Crippen molar-refractivity contribution in [2.24, 2.45) is 0 Å². The van der Waals surface area contributed by atoms with Crippen molar-refractivity contribution in [2.75, 3.05) is 11.1 Å². The monoisotopic (exact) mass is 607 g/mol. The minimum absolute atomic E-state index is 0.0526. The van der Waals surface area contributed by atoms with Gasteiger partial charge in [-0.15, -0.1) is 11.8 Å². The Labute approximate surface area is 255 Å². The Hall–Kier alpha value is -3.70. The van der Waals surface area contributed by atoms with Gasteiger partial charge in [0.2, 0.25) is 5.91 Å². The highest BCUT2D eigenvalue weighted by Crippen LogP contribution is 2.40. The van der Waals surface area contributed by atoms with Crippen LogP contribution in [0, 0.1) is 0 Å². The number of hydrogen-bond donors (Lipinski definition) is 4. The van der Waals surface area contributed by atoms with Gasteiger partial charge in [0, 0.05) is 41.2 Å². The quantitative estimate of drug-likeness (QED) is 0.111. The number of carboxylic acid groups (broad SMARTS) is 2. The number of unbranched alkanes of at least 4 members (excludes halogenated alkanes) is 3. The average molecular weight is 608 g/mol. The molecule has 228 valence electrons. The lowest BCUT2D eigenvalue weighted by atomic mass is 10.0. The second kappa shape index (κ2) is 16.2. The van der Waals surface area contributed by atoms with E-state index in [4.69, 9.17) is 14.6 Å². The van der Waals surface area contributed by atoms with Crippen LogP contribution in [0.5, 0.6) is 0 Å². The Morgan fingerprint density at radius 3 is 2.30 bits per heavy atom. The lowest BCUT2D eigenvalue weighted by Crippen LogP contribution is -2.31. The third-order valence-electron chi connectivity index (χ3n) is 7.14. The van der Waals surface area contributed by atoms with E-state index in [0.29, 0.717) is 42.0 Å². The largest absolute Gasteiger partial charge is 0.481 e. The van der Waals surface area contributed by atoms with Crippen LogP contribution in [0.1, 0.15) is 84.4 Å². The van der Waals surface area contributed by atoms with Gasteiger partial charge < -0.3 is 30.1 Å². The molecule has 3 aromatic carbocycles. The molecule has 1 aliphatic heterocycles. The van der Waals surface area contributed by atoms with E-state index in [1.807, 2.05) is 48.5 Å². The van der Waals surface area contributed by atoms with E-state index in [9.17, 15) is 24.6 Å². The standard InChI is InChI=1S/C33H37NO8S/c35-20-22-14-16-23(17-15-22)28-19-26(21-43-29-11-6-5-10-27(29)32(39)40)41-33(42-28)24-8-7-9-25(18-24)34-30(36)12-3-1-2-4-13-31(37)38/h5-11,14-18,26,28,33,35H,1-4,12-13,19-21H2,(H,34,36)(H,37,38)(H,39,40)/t26-,28+,33+/m1/s1. The molecule has 0 aliphatic carbocycles. The van der Waals surface area contributed by atoms with Crippen LogP contribution in [0.3, 0.4) is 0 Å². The molecule has 1 amide bonds. The van der Waals surface area contributed by atoms with Crippen LogP contribution in [-0.4, -0.2) is 45.0 Å². The van der Waals surface area contributed by atoms with Crippen molar-refractivity contribution in [3.63, 3.8) is 0 Å². The summed E-state index contributed by atoms with van der Waals surface area (Å²) < 4.78 is 12.8. The molecule has 10 heteroatoms. The summed E-state index contributed by atoms with van der Waals surface area (Å²) >= 11 is 1.43. The van der Waals surface area contributed by atoms with E-state index in [2.05, 4.69) is 5.32 Å². The summed E-state index contributed by atoms with van der Waals surface area (Å²) in [6, 6.07) is 21.8. The number of carbonyl (C=O) groups excluding carboxylic acids is 1. The molecule has 0 bridgehead atoms. The highest BCUT2D eigenvalue weighted by molar-refractivity contribution is 7.99. The number of carboxylic acids is 2. The first kappa shape index (κ1) is 32.2. The molecule has 9 nitrogen and oxygen atoms in total. The Balaban J connectivity index is 1.43. The van der Waals surface area contributed by atoms with Gasteiger partial charge in [0.1, 0.15) is 0 Å². The van der Waals surface area contributed by atoms with Crippen molar-refractivity contribution in [3.8, 4) is 0 Å². The van der Waals surface area contributed by atoms with Gasteiger partial charge in [-0.2, -0.15) is 0 Å². The molecule has 43 heavy (non-hydrogen) atoms. The second-order valence-electron chi connectivity index (χ2n) is 10.4. The summed E-state index contributed by atoms with van der Waals surface area (Å²) in [4.78, 5) is 35.5. The fourth-order valence-corrected chi connectivity index (χ4v) is 5.94. The second-order valence-corrected chi connectivity index (χ2v) is 11.5. The maximum absolute atomic E-state index is 12.5.